The van der Waals surface area contributed by atoms with Gasteiger partial charge < -0.3 is 19.4 Å². The number of amides is 2. The van der Waals surface area contributed by atoms with Crippen molar-refractivity contribution in [2.75, 3.05) is 12.0 Å². The van der Waals surface area contributed by atoms with Crippen LogP contribution in [-0.4, -0.2) is 25.0 Å². The van der Waals surface area contributed by atoms with Crippen molar-refractivity contribution in [3.8, 4) is 5.75 Å². The quantitative estimate of drug-likeness (QED) is 0.641. The third kappa shape index (κ3) is 3.94. The largest absolute Gasteiger partial charge is 0.497 e. The molecule has 4 rings (SSSR count). The van der Waals surface area contributed by atoms with Crippen molar-refractivity contribution in [2.45, 2.75) is 32.4 Å². The molecule has 1 aliphatic heterocycles. The van der Waals surface area contributed by atoms with E-state index < -0.39 is 0 Å². The van der Waals surface area contributed by atoms with Crippen LogP contribution < -0.4 is 15.0 Å². The third-order valence-corrected chi connectivity index (χ3v) is 5.35. The molecule has 0 saturated heterocycles. The van der Waals surface area contributed by atoms with Crippen molar-refractivity contribution in [3.63, 3.8) is 0 Å². The lowest BCUT2D eigenvalue weighted by atomic mass is 10.0. The molecule has 2 amide bonds. The Labute approximate surface area is 175 Å². The van der Waals surface area contributed by atoms with Gasteiger partial charge in [-0.25, -0.2) is 0 Å². The molecule has 1 aliphatic rings. The second-order valence-corrected chi connectivity index (χ2v) is 7.42. The number of carbonyl (C=O) groups excluding carboxylic acids is 2. The number of methoxy groups -OCH3 is 1. The van der Waals surface area contributed by atoms with Gasteiger partial charge in [-0.2, -0.15) is 0 Å². The molecule has 2 heterocycles. The molecular formula is C24H24N2O4. The van der Waals surface area contributed by atoms with E-state index in [2.05, 4.69) is 5.32 Å². The molecule has 1 N–H and O–H groups in total. The minimum Gasteiger partial charge on any atom is -0.497 e. The van der Waals surface area contributed by atoms with E-state index in [1.807, 2.05) is 55.5 Å². The van der Waals surface area contributed by atoms with E-state index in [1.165, 1.54) is 0 Å². The molecule has 0 radical (unpaired) electrons. The van der Waals surface area contributed by atoms with Gasteiger partial charge in [0.25, 0.3) is 11.8 Å². The van der Waals surface area contributed by atoms with Gasteiger partial charge in [0, 0.05) is 18.2 Å². The number of fused-ring (bicyclic) bond motifs is 1. The summed E-state index contributed by atoms with van der Waals surface area (Å²) in [4.78, 5) is 27.8. The molecule has 154 valence electrons. The number of hydrogen-bond donors (Lipinski definition) is 1. The Bertz CT molecular complexity index is 1040. The van der Waals surface area contributed by atoms with Gasteiger partial charge in [0.2, 0.25) is 0 Å². The summed E-state index contributed by atoms with van der Waals surface area (Å²) in [5.74, 6) is 1.22. The SMILES string of the molecule is COc1ccc(N2Cc3cccc(C(=O)N[C@H](C)CCc4ccco4)c3C2=O)cc1. The van der Waals surface area contributed by atoms with Crippen LogP contribution in [0.5, 0.6) is 5.75 Å². The predicted molar refractivity (Wildman–Crippen MR) is 114 cm³/mol. The van der Waals surface area contributed by atoms with Crippen LogP contribution in [0.2, 0.25) is 0 Å². The normalized spacial score (nSPS) is 13.8. The molecule has 6 nitrogen and oxygen atoms in total. The van der Waals surface area contributed by atoms with E-state index in [9.17, 15) is 9.59 Å². The van der Waals surface area contributed by atoms with Gasteiger partial charge in [0.1, 0.15) is 11.5 Å². The highest BCUT2D eigenvalue weighted by atomic mass is 16.5. The van der Waals surface area contributed by atoms with Crippen molar-refractivity contribution in [3.05, 3.63) is 83.3 Å². The van der Waals surface area contributed by atoms with Crippen LogP contribution in [0.15, 0.2) is 65.3 Å². The summed E-state index contributed by atoms with van der Waals surface area (Å²) >= 11 is 0. The average Bonchev–Trinajstić information content (AvgIpc) is 3.40. The number of anilines is 1. The molecule has 0 spiro atoms. The molecule has 0 bridgehead atoms. The molecule has 3 aromatic rings. The fourth-order valence-corrected chi connectivity index (χ4v) is 3.71. The summed E-state index contributed by atoms with van der Waals surface area (Å²) in [6.07, 6.45) is 3.14. The van der Waals surface area contributed by atoms with Crippen molar-refractivity contribution in [1.82, 2.24) is 5.32 Å². The zero-order valence-corrected chi connectivity index (χ0v) is 17.1. The Morgan fingerprint density at radius 3 is 2.67 bits per heavy atom. The zero-order valence-electron chi connectivity index (χ0n) is 17.1. The zero-order chi connectivity index (χ0) is 21.1. The average molecular weight is 404 g/mol. The Morgan fingerprint density at radius 1 is 1.17 bits per heavy atom. The first kappa shape index (κ1) is 19.8. The molecule has 2 aromatic carbocycles. The van der Waals surface area contributed by atoms with E-state index in [4.69, 9.17) is 9.15 Å². The lowest BCUT2D eigenvalue weighted by molar-refractivity contribution is 0.0924. The van der Waals surface area contributed by atoms with Gasteiger partial charge in [0.15, 0.2) is 0 Å². The van der Waals surface area contributed by atoms with Crippen LogP contribution in [-0.2, 0) is 13.0 Å². The van der Waals surface area contributed by atoms with E-state index >= 15 is 0 Å². The second kappa shape index (κ2) is 8.45. The summed E-state index contributed by atoms with van der Waals surface area (Å²) in [5, 5.41) is 3.01. The molecule has 30 heavy (non-hydrogen) atoms. The lowest BCUT2D eigenvalue weighted by Gasteiger charge is -2.17. The minimum absolute atomic E-state index is 0.0485. The van der Waals surface area contributed by atoms with Gasteiger partial charge >= 0.3 is 0 Å². The fraction of sp³-hybridized carbons (Fsp3) is 0.250. The minimum atomic E-state index is -0.233. The number of rotatable bonds is 7. The Balaban J connectivity index is 1.48. The van der Waals surface area contributed by atoms with Crippen molar-refractivity contribution in [1.29, 1.82) is 0 Å². The Morgan fingerprint density at radius 2 is 1.97 bits per heavy atom. The first-order valence-electron chi connectivity index (χ1n) is 9.98. The first-order chi connectivity index (χ1) is 14.6. The number of nitrogens with zero attached hydrogens (tertiary/aromatic N) is 1. The van der Waals surface area contributed by atoms with Crippen LogP contribution in [0.25, 0.3) is 0 Å². The highest BCUT2D eigenvalue weighted by molar-refractivity contribution is 6.16. The third-order valence-electron chi connectivity index (χ3n) is 5.35. The maximum atomic E-state index is 13.1. The molecule has 6 heteroatoms. The number of furan rings is 1. The Kier molecular flexibility index (Phi) is 5.57. The maximum Gasteiger partial charge on any atom is 0.259 e. The molecule has 0 aliphatic carbocycles. The van der Waals surface area contributed by atoms with Crippen LogP contribution >= 0.6 is 0 Å². The standard InChI is InChI=1S/C24H24N2O4/c1-16(8-11-20-6-4-14-30-20)25-23(27)21-7-3-5-17-15-26(24(28)22(17)21)18-9-12-19(29-2)13-10-18/h3-7,9-10,12-14,16H,8,11,15H2,1-2H3,(H,25,27)/t16-/m1/s1. The van der Waals surface area contributed by atoms with Gasteiger partial charge in [-0.3, -0.25) is 9.59 Å². The summed E-state index contributed by atoms with van der Waals surface area (Å²) in [5.41, 5.74) is 2.52. The summed E-state index contributed by atoms with van der Waals surface area (Å²) in [6, 6.07) is 16.5. The molecule has 1 atom stereocenters. The number of nitrogens with one attached hydrogen (secondary N) is 1. The van der Waals surface area contributed by atoms with Gasteiger partial charge in [-0.15, -0.1) is 0 Å². The summed E-state index contributed by atoms with van der Waals surface area (Å²) < 4.78 is 10.5. The van der Waals surface area contributed by atoms with Crippen LogP contribution in [0, 0.1) is 0 Å². The predicted octanol–water partition coefficient (Wildman–Crippen LogP) is 4.20. The number of ether oxygens (including phenoxy) is 1. The first-order valence-corrected chi connectivity index (χ1v) is 9.98. The maximum absolute atomic E-state index is 13.1. The number of hydrogen-bond acceptors (Lipinski definition) is 4. The van der Waals surface area contributed by atoms with E-state index in [1.54, 1.807) is 24.3 Å². The smallest absolute Gasteiger partial charge is 0.259 e. The number of carbonyl (C=O) groups is 2. The van der Waals surface area contributed by atoms with E-state index in [0.29, 0.717) is 17.7 Å². The monoisotopic (exact) mass is 404 g/mol. The van der Waals surface area contributed by atoms with Gasteiger partial charge in [-0.05, 0) is 61.4 Å². The Hall–Kier alpha value is -3.54. The highest BCUT2D eigenvalue weighted by Crippen LogP contribution is 2.31. The van der Waals surface area contributed by atoms with Crippen molar-refractivity contribution >= 4 is 17.5 Å². The van der Waals surface area contributed by atoms with Crippen molar-refractivity contribution < 1.29 is 18.7 Å². The topological polar surface area (TPSA) is 71.8 Å². The lowest BCUT2D eigenvalue weighted by Crippen LogP contribution is -2.34. The van der Waals surface area contributed by atoms with Crippen LogP contribution in [0.3, 0.4) is 0 Å². The fourth-order valence-electron chi connectivity index (χ4n) is 3.71. The van der Waals surface area contributed by atoms with Crippen LogP contribution in [0.1, 0.15) is 45.4 Å². The second-order valence-electron chi connectivity index (χ2n) is 7.42. The summed E-state index contributed by atoms with van der Waals surface area (Å²) in [7, 11) is 1.60. The number of aryl methyl sites for hydroxylation is 1. The highest BCUT2D eigenvalue weighted by Gasteiger charge is 2.32. The molecule has 0 unspecified atom stereocenters. The van der Waals surface area contributed by atoms with E-state index in [0.717, 1.165) is 35.6 Å². The van der Waals surface area contributed by atoms with Crippen molar-refractivity contribution in [2.24, 2.45) is 0 Å². The molecule has 0 saturated carbocycles. The molecule has 0 fully saturated rings. The number of benzene rings is 2. The van der Waals surface area contributed by atoms with Crippen LogP contribution in [0.4, 0.5) is 5.69 Å². The molecule has 1 aromatic heterocycles. The molecular weight excluding hydrogens is 380 g/mol. The van der Waals surface area contributed by atoms with Gasteiger partial charge in [0.05, 0.1) is 31.0 Å². The van der Waals surface area contributed by atoms with E-state index in [-0.39, 0.29) is 17.9 Å². The summed E-state index contributed by atoms with van der Waals surface area (Å²) in [6.45, 7) is 2.39. The van der Waals surface area contributed by atoms with Gasteiger partial charge in [-0.1, -0.05) is 12.1 Å².